The molecule has 0 atom stereocenters. The Kier molecular flexibility index (Phi) is 2.52. The molecule has 18 heavy (non-hydrogen) atoms. The van der Waals surface area contributed by atoms with Gasteiger partial charge in [0.25, 0.3) is 5.89 Å². The molecule has 3 aromatic heterocycles. The first-order valence-electron chi connectivity index (χ1n) is 5.20. The molecule has 0 aliphatic carbocycles. The summed E-state index contributed by atoms with van der Waals surface area (Å²) in [4.78, 5) is 13.2. The molecule has 0 radical (unpaired) electrons. The average molecular weight is 259 g/mol. The fourth-order valence-electron chi connectivity index (χ4n) is 1.44. The smallest absolute Gasteiger partial charge is 0.270 e. The van der Waals surface area contributed by atoms with Crippen LogP contribution in [0.2, 0.25) is 0 Å². The summed E-state index contributed by atoms with van der Waals surface area (Å²) in [6.07, 6.45) is 3.25. The van der Waals surface area contributed by atoms with Crippen molar-refractivity contribution in [2.24, 2.45) is 0 Å². The van der Waals surface area contributed by atoms with E-state index >= 15 is 0 Å². The number of aromatic nitrogens is 4. The molecule has 0 aliphatic rings. The Morgan fingerprint density at radius 1 is 1.22 bits per heavy atom. The number of aryl methyl sites for hydroxylation is 1. The van der Waals surface area contributed by atoms with Gasteiger partial charge < -0.3 is 10.3 Å². The van der Waals surface area contributed by atoms with Crippen LogP contribution in [0.15, 0.2) is 28.4 Å². The third-order valence-corrected chi connectivity index (χ3v) is 3.51. The molecule has 0 fully saturated rings. The van der Waals surface area contributed by atoms with Crippen molar-refractivity contribution in [2.45, 2.75) is 6.92 Å². The third kappa shape index (κ3) is 1.74. The van der Waals surface area contributed by atoms with Gasteiger partial charge in [0.15, 0.2) is 0 Å². The Morgan fingerprint density at radius 2 is 2.00 bits per heavy atom. The van der Waals surface area contributed by atoms with Gasteiger partial charge in [-0.2, -0.15) is 4.98 Å². The van der Waals surface area contributed by atoms with E-state index in [1.807, 2.05) is 12.3 Å². The molecule has 0 aromatic carbocycles. The molecule has 3 heterocycles. The second kappa shape index (κ2) is 4.19. The number of nitrogens with two attached hydrogens (primary N) is 1. The SMILES string of the molecule is Cc1csc(-c2nc(-c3ncccn3)no2)c1N. The number of nitrogens with zero attached hydrogens (tertiary/aromatic N) is 4. The van der Waals surface area contributed by atoms with Gasteiger partial charge in [0.05, 0.1) is 5.69 Å². The molecule has 3 rings (SSSR count). The van der Waals surface area contributed by atoms with Crippen molar-refractivity contribution in [2.75, 3.05) is 5.73 Å². The maximum atomic E-state index is 5.93. The van der Waals surface area contributed by atoms with Gasteiger partial charge in [-0.25, -0.2) is 9.97 Å². The zero-order valence-electron chi connectivity index (χ0n) is 9.49. The number of nitrogen functional groups attached to an aromatic ring is 1. The largest absolute Gasteiger partial charge is 0.397 e. The van der Waals surface area contributed by atoms with E-state index in [1.165, 1.54) is 11.3 Å². The van der Waals surface area contributed by atoms with E-state index in [0.717, 1.165) is 10.4 Å². The van der Waals surface area contributed by atoms with Gasteiger partial charge in [-0.3, -0.25) is 0 Å². The minimum Gasteiger partial charge on any atom is -0.397 e. The zero-order chi connectivity index (χ0) is 12.5. The lowest BCUT2D eigenvalue weighted by molar-refractivity contribution is 0.433. The van der Waals surface area contributed by atoms with E-state index < -0.39 is 0 Å². The van der Waals surface area contributed by atoms with Crippen molar-refractivity contribution in [3.63, 3.8) is 0 Å². The lowest BCUT2D eigenvalue weighted by Gasteiger charge is -1.92. The van der Waals surface area contributed by atoms with E-state index in [1.54, 1.807) is 18.5 Å². The second-order valence-corrected chi connectivity index (χ2v) is 4.54. The maximum Gasteiger partial charge on any atom is 0.270 e. The van der Waals surface area contributed by atoms with E-state index in [2.05, 4.69) is 20.1 Å². The standard InChI is InChI=1S/C11H9N5OS/c1-6-5-18-8(7(6)12)11-15-10(16-17-11)9-13-3-2-4-14-9/h2-5H,12H2,1H3. The van der Waals surface area contributed by atoms with Crippen molar-refractivity contribution in [3.05, 3.63) is 29.4 Å². The van der Waals surface area contributed by atoms with E-state index in [9.17, 15) is 0 Å². The van der Waals surface area contributed by atoms with Crippen LogP contribution >= 0.6 is 11.3 Å². The van der Waals surface area contributed by atoms with Crippen molar-refractivity contribution in [1.29, 1.82) is 0 Å². The summed E-state index contributed by atoms with van der Waals surface area (Å²) in [5.74, 6) is 1.18. The Morgan fingerprint density at radius 3 is 2.67 bits per heavy atom. The molecule has 0 saturated carbocycles. The van der Waals surface area contributed by atoms with Gasteiger partial charge >= 0.3 is 0 Å². The predicted molar refractivity (Wildman–Crippen MR) is 67.8 cm³/mol. The molecule has 90 valence electrons. The van der Waals surface area contributed by atoms with Crippen LogP contribution in [-0.2, 0) is 0 Å². The summed E-state index contributed by atoms with van der Waals surface area (Å²) >= 11 is 1.48. The molecule has 3 aromatic rings. The van der Waals surface area contributed by atoms with Crippen LogP contribution in [0.3, 0.4) is 0 Å². The molecule has 0 bridgehead atoms. The highest BCUT2D eigenvalue weighted by atomic mass is 32.1. The first kappa shape index (κ1) is 10.8. The molecule has 6 nitrogen and oxygen atoms in total. The van der Waals surface area contributed by atoms with Gasteiger partial charge in [-0.1, -0.05) is 5.16 Å². The topological polar surface area (TPSA) is 90.7 Å². The summed E-state index contributed by atoms with van der Waals surface area (Å²) in [5.41, 5.74) is 7.61. The fraction of sp³-hybridized carbons (Fsp3) is 0.0909. The highest BCUT2D eigenvalue weighted by molar-refractivity contribution is 7.14. The number of hydrogen-bond donors (Lipinski definition) is 1. The summed E-state index contributed by atoms with van der Waals surface area (Å²) < 4.78 is 5.19. The van der Waals surface area contributed by atoms with Crippen molar-refractivity contribution in [3.8, 4) is 22.4 Å². The molecule has 0 amide bonds. The Labute approximate surface area is 107 Å². The minimum absolute atomic E-state index is 0.357. The summed E-state index contributed by atoms with van der Waals surface area (Å²) in [6, 6.07) is 1.73. The van der Waals surface area contributed by atoms with Gasteiger partial charge in [0.2, 0.25) is 11.6 Å². The second-order valence-electron chi connectivity index (χ2n) is 3.66. The highest BCUT2D eigenvalue weighted by Crippen LogP contribution is 2.34. The zero-order valence-corrected chi connectivity index (χ0v) is 10.3. The number of rotatable bonds is 2. The number of anilines is 1. The Hall–Kier alpha value is -2.28. The van der Waals surface area contributed by atoms with Crippen LogP contribution in [0.5, 0.6) is 0 Å². The van der Waals surface area contributed by atoms with Crippen LogP contribution in [0.1, 0.15) is 5.56 Å². The summed E-state index contributed by atoms with van der Waals surface area (Å²) in [7, 11) is 0. The van der Waals surface area contributed by atoms with Crippen molar-refractivity contribution >= 4 is 17.0 Å². The minimum atomic E-state index is 0.357. The van der Waals surface area contributed by atoms with Crippen LogP contribution in [0, 0.1) is 6.92 Å². The van der Waals surface area contributed by atoms with E-state index in [-0.39, 0.29) is 0 Å². The van der Waals surface area contributed by atoms with Crippen LogP contribution in [0.4, 0.5) is 5.69 Å². The Bertz CT molecular complexity index is 676. The Balaban J connectivity index is 2.02. The molecule has 7 heteroatoms. The summed E-state index contributed by atoms with van der Waals surface area (Å²) in [5, 5.41) is 5.81. The van der Waals surface area contributed by atoms with Crippen LogP contribution < -0.4 is 5.73 Å². The molecular formula is C11H9N5OS. The first-order chi connectivity index (χ1) is 8.75. The number of thiophene rings is 1. The quantitative estimate of drug-likeness (QED) is 0.758. The lowest BCUT2D eigenvalue weighted by Crippen LogP contribution is -1.89. The van der Waals surface area contributed by atoms with Crippen LogP contribution in [0.25, 0.3) is 22.4 Å². The molecule has 0 spiro atoms. The fourth-order valence-corrected chi connectivity index (χ4v) is 2.33. The molecule has 2 N–H and O–H groups in total. The van der Waals surface area contributed by atoms with Crippen molar-refractivity contribution < 1.29 is 4.52 Å². The predicted octanol–water partition coefficient (Wildman–Crippen LogP) is 2.15. The van der Waals surface area contributed by atoms with Gasteiger partial charge in [-0.05, 0) is 23.9 Å². The molecule has 0 unspecified atom stereocenters. The maximum absolute atomic E-state index is 5.93. The van der Waals surface area contributed by atoms with Gasteiger partial charge in [-0.15, -0.1) is 11.3 Å². The van der Waals surface area contributed by atoms with Gasteiger partial charge in [0.1, 0.15) is 4.88 Å². The number of hydrogen-bond acceptors (Lipinski definition) is 7. The molecule has 0 saturated heterocycles. The third-order valence-electron chi connectivity index (χ3n) is 2.41. The van der Waals surface area contributed by atoms with Gasteiger partial charge in [0, 0.05) is 12.4 Å². The summed E-state index contributed by atoms with van der Waals surface area (Å²) in [6.45, 7) is 1.94. The van der Waals surface area contributed by atoms with E-state index in [4.69, 9.17) is 10.3 Å². The van der Waals surface area contributed by atoms with Crippen LogP contribution in [-0.4, -0.2) is 20.1 Å². The monoisotopic (exact) mass is 259 g/mol. The van der Waals surface area contributed by atoms with E-state index in [0.29, 0.717) is 23.2 Å². The normalized spacial score (nSPS) is 10.7. The highest BCUT2D eigenvalue weighted by Gasteiger charge is 2.16. The molecule has 0 aliphatic heterocycles. The lowest BCUT2D eigenvalue weighted by atomic mass is 10.3. The molecular weight excluding hydrogens is 250 g/mol. The average Bonchev–Trinajstić information content (AvgIpc) is 3.00. The first-order valence-corrected chi connectivity index (χ1v) is 6.08. The van der Waals surface area contributed by atoms with Crippen molar-refractivity contribution in [1.82, 2.24) is 20.1 Å².